The summed E-state index contributed by atoms with van der Waals surface area (Å²) in [7, 11) is 0. The monoisotopic (exact) mass is 252 g/mol. The number of halogens is 3. The minimum atomic E-state index is -1.46. The Balaban J connectivity index is 1.97. The van der Waals surface area contributed by atoms with Crippen molar-refractivity contribution in [3.8, 4) is 0 Å². The first-order valence-electron chi connectivity index (χ1n) is 5.45. The van der Waals surface area contributed by atoms with Crippen molar-refractivity contribution in [1.82, 2.24) is 4.98 Å². The molecule has 0 saturated carbocycles. The Morgan fingerprint density at radius 1 is 1.06 bits per heavy atom. The largest absolute Gasteiger partial charge is 0.382 e. The van der Waals surface area contributed by atoms with Gasteiger partial charge in [-0.15, -0.1) is 0 Å². The molecule has 0 spiro atoms. The van der Waals surface area contributed by atoms with Crippen LogP contribution >= 0.6 is 0 Å². The van der Waals surface area contributed by atoms with Crippen LogP contribution in [0.3, 0.4) is 0 Å². The zero-order valence-corrected chi connectivity index (χ0v) is 9.46. The van der Waals surface area contributed by atoms with E-state index in [9.17, 15) is 13.2 Å². The molecule has 1 N–H and O–H groups in total. The predicted octanol–water partition coefficient (Wildman–Crippen LogP) is 3.15. The molecule has 0 aliphatic carbocycles. The molecule has 1 aromatic heterocycles. The Bertz CT molecular complexity index is 529. The van der Waals surface area contributed by atoms with Crippen LogP contribution in [0, 0.1) is 17.5 Å². The molecule has 0 atom stereocenters. The van der Waals surface area contributed by atoms with Gasteiger partial charge in [-0.05, 0) is 30.2 Å². The van der Waals surface area contributed by atoms with E-state index in [4.69, 9.17) is 0 Å². The standard InChI is InChI=1S/C13H11F3N2/c14-10-3-4-11(13(16)12(10)15)18-7-5-9-2-1-6-17-8-9/h1-4,6,8,18H,5,7H2. The summed E-state index contributed by atoms with van der Waals surface area (Å²) in [6, 6.07) is 5.76. The van der Waals surface area contributed by atoms with Gasteiger partial charge in [-0.1, -0.05) is 6.07 Å². The van der Waals surface area contributed by atoms with Crippen LogP contribution in [0.5, 0.6) is 0 Å². The van der Waals surface area contributed by atoms with Gasteiger partial charge in [-0.25, -0.2) is 13.2 Å². The van der Waals surface area contributed by atoms with Crippen LogP contribution in [0.2, 0.25) is 0 Å². The van der Waals surface area contributed by atoms with Gasteiger partial charge in [0.05, 0.1) is 5.69 Å². The molecule has 0 aliphatic rings. The number of hydrogen-bond acceptors (Lipinski definition) is 2. The molecule has 2 rings (SSSR count). The summed E-state index contributed by atoms with van der Waals surface area (Å²) in [5.74, 6) is -3.84. The van der Waals surface area contributed by atoms with Gasteiger partial charge in [0.15, 0.2) is 17.5 Å². The highest BCUT2D eigenvalue weighted by Gasteiger charge is 2.12. The summed E-state index contributed by atoms with van der Waals surface area (Å²) >= 11 is 0. The number of rotatable bonds is 4. The highest BCUT2D eigenvalue weighted by atomic mass is 19.2. The highest BCUT2D eigenvalue weighted by Crippen LogP contribution is 2.19. The maximum absolute atomic E-state index is 13.3. The number of pyridine rings is 1. The molecule has 0 saturated heterocycles. The van der Waals surface area contributed by atoms with Crippen LogP contribution < -0.4 is 5.32 Å². The molecule has 0 unspecified atom stereocenters. The maximum atomic E-state index is 13.3. The van der Waals surface area contributed by atoms with Crippen molar-refractivity contribution >= 4 is 5.69 Å². The van der Waals surface area contributed by atoms with Crippen LogP contribution in [0.1, 0.15) is 5.56 Å². The lowest BCUT2D eigenvalue weighted by Crippen LogP contribution is -2.08. The average Bonchev–Trinajstić information content (AvgIpc) is 2.40. The molecule has 0 bridgehead atoms. The van der Waals surface area contributed by atoms with Gasteiger partial charge >= 0.3 is 0 Å². The van der Waals surface area contributed by atoms with Crippen LogP contribution in [-0.2, 0) is 6.42 Å². The molecule has 18 heavy (non-hydrogen) atoms. The zero-order valence-electron chi connectivity index (χ0n) is 9.46. The SMILES string of the molecule is Fc1ccc(NCCc2cccnc2)c(F)c1F. The third kappa shape index (κ3) is 2.80. The van der Waals surface area contributed by atoms with Gasteiger partial charge < -0.3 is 5.32 Å². The lowest BCUT2D eigenvalue weighted by atomic mass is 10.2. The molecule has 0 fully saturated rings. The van der Waals surface area contributed by atoms with Gasteiger partial charge in [0.2, 0.25) is 0 Å². The lowest BCUT2D eigenvalue weighted by molar-refractivity contribution is 0.449. The Morgan fingerprint density at radius 3 is 2.61 bits per heavy atom. The molecule has 94 valence electrons. The fourth-order valence-corrected chi connectivity index (χ4v) is 1.55. The summed E-state index contributed by atoms with van der Waals surface area (Å²) in [4.78, 5) is 3.94. The molecule has 0 aliphatic heterocycles. The van der Waals surface area contributed by atoms with Crippen LogP contribution in [-0.4, -0.2) is 11.5 Å². The quantitative estimate of drug-likeness (QED) is 0.845. The molecular weight excluding hydrogens is 241 g/mol. The number of anilines is 1. The predicted molar refractivity (Wildman–Crippen MR) is 62.7 cm³/mol. The third-order valence-electron chi connectivity index (χ3n) is 2.49. The lowest BCUT2D eigenvalue weighted by Gasteiger charge is -2.08. The summed E-state index contributed by atoms with van der Waals surface area (Å²) in [5.41, 5.74) is 0.936. The van der Waals surface area contributed by atoms with Gasteiger partial charge in [-0.3, -0.25) is 4.98 Å². The second kappa shape index (κ2) is 5.53. The zero-order chi connectivity index (χ0) is 13.0. The van der Waals surface area contributed by atoms with Crippen molar-refractivity contribution in [2.24, 2.45) is 0 Å². The van der Waals surface area contributed by atoms with E-state index in [1.807, 2.05) is 6.07 Å². The Labute approximate surface area is 102 Å². The summed E-state index contributed by atoms with van der Waals surface area (Å²) in [6.07, 6.45) is 3.97. The maximum Gasteiger partial charge on any atom is 0.196 e. The molecule has 5 heteroatoms. The minimum absolute atomic E-state index is 0.0437. The van der Waals surface area contributed by atoms with E-state index >= 15 is 0 Å². The summed E-state index contributed by atoms with van der Waals surface area (Å²) in [5, 5.41) is 2.72. The number of hydrogen-bond donors (Lipinski definition) is 1. The van der Waals surface area contributed by atoms with Crippen molar-refractivity contribution in [1.29, 1.82) is 0 Å². The normalized spacial score (nSPS) is 10.4. The number of aromatic nitrogens is 1. The Morgan fingerprint density at radius 2 is 1.89 bits per heavy atom. The van der Waals surface area contributed by atoms with Gasteiger partial charge in [-0.2, -0.15) is 0 Å². The molecule has 2 aromatic rings. The molecule has 1 aromatic carbocycles. The molecule has 2 nitrogen and oxygen atoms in total. The topological polar surface area (TPSA) is 24.9 Å². The van der Waals surface area contributed by atoms with Crippen LogP contribution in [0.15, 0.2) is 36.7 Å². The first-order chi connectivity index (χ1) is 8.68. The first kappa shape index (κ1) is 12.4. The van der Waals surface area contributed by atoms with Crippen molar-refractivity contribution in [3.05, 3.63) is 59.7 Å². The number of benzene rings is 1. The molecule has 0 amide bonds. The Kier molecular flexibility index (Phi) is 3.82. The van der Waals surface area contributed by atoms with Crippen molar-refractivity contribution in [3.63, 3.8) is 0 Å². The smallest absolute Gasteiger partial charge is 0.196 e. The second-order valence-corrected chi connectivity index (χ2v) is 3.76. The molecule has 1 heterocycles. The van der Waals surface area contributed by atoms with E-state index in [0.717, 1.165) is 11.6 Å². The van der Waals surface area contributed by atoms with Crippen molar-refractivity contribution in [2.75, 3.05) is 11.9 Å². The van der Waals surface area contributed by atoms with Crippen LogP contribution in [0.25, 0.3) is 0 Å². The molecule has 0 radical (unpaired) electrons. The highest BCUT2D eigenvalue weighted by molar-refractivity contribution is 5.45. The van der Waals surface area contributed by atoms with E-state index in [1.165, 1.54) is 6.07 Å². The van der Waals surface area contributed by atoms with Gasteiger partial charge in [0.1, 0.15) is 0 Å². The third-order valence-corrected chi connectivity index (χ3v) is 2.49. The van der Waals surface area contributed by atoms with E-state index in [-0.39, 0.29) is 5.69 Å². The Hall–Kier alpha value is -2.04. The molecular formula is C13H11F3N2. The summed E-state index contributed by atoms with van der Waals surface area (Å²) < 4.78 is 38.9. The van der Waals surface area contributed by atoms with Gasteiger partial charge in [0.25, 0.3) is 0 Å². The van der Waals surface area contributed by atoms with E-state index in [1.54, 1.807) is 18.5 Å². The second-order valence-electron chi connectivity index (χ2n) is 3.76. The number of nitrogens with one attached hydrogen (secondary N) is 1. The minimum Gasteiger partial charge on any atom is -0.382 e. The fourth-order valence-electron chi connectivity index (χ4n) is 1.55. The van der Waals surface area contributed by atoms with Crippen LogP contribution in [0.4, 0.5) is 18.9 Å². The summed E-state index contributed by atoms with van der Waals surface area (Å²) in [6.45, 7) is 0.410. The van der Waals surface area contributed by atoms with Crippen molar-refractivity contribution in [2.45, 2.75) is 6.42 Å². The van der Waals surface area contributed by atoms with E-state index in [0.29, 0.717) is 13.0 Å². The fraction of sp³-hybridized carbons (Fsp3) is 0.154. The van der Waals surface area contributed by atoms with E-state index < -0.39 is 17.5 Å². The number of nitrogens with zero attached hydrogens (tertiary/aromatic N) is 1. The van der Waals surface area contributed by atoms with Gasteiger partial charge in [0, 0.05) is 18.9 Å². The average molecular weight is 252 g/mol. The van der Waals surface area contributed by atoms with E-state index in [2.05, 4.69) is 10.3 Å². The van der Waals surface area contributed by atoms with Crippen molar-refractivity contribution < 1.29 is 13.2 Å². The first-order valence-corrected chi connectivity index (χ1v) is 5.45.